The van der Waals surface area contributed by atoms with Gasteiger partial charge in [0.1, 0.15) is 5.69 Å². The van der Waals surface area contributed by atoms with Crippen LogP contribution in [-0.4, -0.2) is 28.2 Å². The molecule has 2 aromatic heterocycles. The van der Waals surface area contributed by atoms with Gasteiger partial charge in [-0.05, 0) is 20.8 Å². The average molecular weight is 290 g/mol. The van der Waals surface area contributed by atoms with Crippen molar-refractivity contribution in [2.75, 3.05) is 7.11 Å². The van der Waals surface area contributed by atoms with E-state index in [4.69, 9.17) is 4.74 Å². The first-order valence-corrected chi connectivity index (χ1v) is 6.53. The Balaban J connectivity index is 2.18. The predicted molar refractivity (Wildman–Crippen MR) is 77.6 cm³/mol. The highest BCUT2D eigenvalue weighted by atomic mass is 16.5. The third-order valence-electron chi connectivity index (χ3n) is 3.31. The molecule has 112 valence electrons. The van der Waals surface area contributed by atoms with Crippen LogP contribution in [0.25, 0.3) is 0 Å². The quantitative estimate of drug-likeness (QED) is 0.788. The number of H-pyrrole nitrogens is 2. The van der Waals surface area contributed by atoms with Crippen LogP contribution in [-0.2, 0) is 0 Å². The Bertz CT molecular complexity index is 698. The van der Waals surface area contributed by atoms with E-state index in [9.17, 15) is 9.59 Å². The Morgan fingerprint density at radius 2 is 2.14 bits per heavy atom. The summed E-state index contributed by atoms with van der Waals surface area (Å²) in [5.74, 6) is -0.191. The van der Waals surface area contributed by atoms with Crippen molar-refractivity contribution in [3.05, 3.63) is 45.1 Å². The number of nitrogens with one attached hydrogen (secondary N) is 3. The highest BCUT2D eigenvalue weighted by Gasteiger charge is 2.18. The molecule has 0 aliphatic carbocycles. The molecule has 7 heteroatoms. The largest absolute Gasteiger partial charge is 0.491 e. The van der Waals surface area contributed by atoms with E-state index < -0.39 is 0 Å². The number of methoxy groups -OCH3 is 1. The zero-order valence-electron chi connectivity index (χ0n) is 12.4. The molecule has 1 atom stereocenters. The molecular weight excluding hydrogens is 272 g/mol. The van der Waals surface area contributed by atoms with Crippen LogP contribution >= 0.6 is 0 Å². The van der Waals surface area contributed by atoms with Crippen molar-refractivity contribution in [2.24, 2.45) is 0 Å². The highest BCUT2D eigenvalue weighted by Crippen LogP contribution is 2.19. The molecule has 0 spiro atoms. The fraction of sp³-hybridized carbons (Fsp3) is 0.357. The fourth-order valence-electron chi connectivity index (χ4n) is 2.29. The number of pyridine rings is 1. The number of hydrogen-bond donors (Lipinski definition) is 3. The molecule has 0 saturated carbocycles. The molecule has 1 amide bonds. The minimum atomic E-state index is -0.359. The third-order valence-corrected chi connectivity index (χ3v) is 3.31. The lowest BCUT2D eigenvalue weighted by Gasteiger charge is -2.14. The van der Waals surface area contributed by atoms with E-state index in [1.807, 2.05) is 20.8 Å². The third kappa shape index (κ3) is 2.96. The summed E-state index contributed by atoms with van der Waals surface area (Å²) in [6.07, 6.45) is 1.37. The molecule has 2 heterocycles. The Kier molecular flexibility index (Phi) is 4.11. The number of amides is 1. The number of ether oxygens (including phenoxy) is 1. The van der Waals surface area contributed by atoms with Crippen molar-refractivity contribution < 1.29 is 9.53 Å². The minimum Gasteiger partial charge on any atom is -0.491 e. The maximum atomic E-state index is 12.2. The van der Waals surface area contributed by atoms with Crippen molar-refractivity contribution in [1.29, 1.82) is 0 Å². The highest BCUT2D eigenvalue weighted by molar-refractivity contribution is 5.92. The van der Waals surface area contributed by atoms with E-state index in [1.54, 1.807) is 0 Å². The van der Waals surface area contributed by atoms with Crippen LogP contribution in [0.2, 0.25) is 0 Å². The summed E-state index contributed by atoms with van der Waals surface area (Å²) in [6, 6.07) is 0.998. The van der Waals surface area contributed by atoms with Crippen LogP contribution in [0.15, 0.2) is 17.1 Å². The van der Waals surface area contributed by atoms with Gasteiger partial charge in [0, 0.05) is 23.5 Å². The Hall–Kier alpha value is -2.57. The van der Waals surface area contributed by atoms with Gasteiger partial charge < -0.3 is 15.0 Å². The second-order valence-corrected chi connectivity index (χ2v) is 4.82. The van der Waals surface area contributed by atoms with Crippen LogP contribution in [0, 0.1) is 13.8 Å². The van der Waals surface area contributed by atoms with Crippen LogP contribution < -0.4 is 15.5 Å². The molecule has 0 aliphatic rings. The maximum Gasteiger partial charge on any atom is 0.268 e. The second kappa shape index (κ2) is 5.82. The average Bonchev–Trinajstić information content (AvgIpc) is 2.77. The van der Waals surface area contributed by atoms with Crippen molar-refractivity contribution >= 4 is 5.91 Å². The van der Waals surface area contributed by atoms with Gasteiger partial charge in [0.05, 0.1) is 18.8 Å². The van der Waals surface area contributed by atoms with Gasteiger partial charge in [0.2, 0.25) is 5.43 Å². The van der Waals surface area contributed by atoms with E-state index in [1.165, 1.54) is 19.4 Å². The molecule has 2 aromatic rings. The smallest absolute Gasteiger partial charge is 0.268 e. The first kappa shape index (κ1) is 14.8. The summed E-state index contributed by atoms with van der Waals surface area (Å²) in [6.45, 7) is 5.63. The molecule has 7 nitrogen and oxygen atoms in total. The fourth-order valence-corrected chi connectivity index (χ4v) is 2.29. The number of aromatic amines is 2. The van der Waals surface area contributed by atoms with Crippen molar-refractivity contribution in [3.63, 3.8) is 0 Å². The number of nitrogens with zero attached hydrogens (tertiary/aromatic N) is 1. The number of aryl methyl sites for hydroxylation is 2. The molecular formula is C14H18N4O3. The maximum absolute atomic E-state index is 12.2. The number of carbonyl (C=O) groups is 1. The summed E-state index contributed by atoms with van der Waals surface area (Å²) in [5.41, 5.74) is 2.53. The molecule has 0 bridgehead atoms. The lowest BCUT2D eigenvalue weighted by Crippen LogP contribution is -2.29. The van der Waals surface area contributed by atoms with Gasteiger partial charge >= 0.3 is 0 Å². The Labute approximate surface area is 121 Å². The van der Waals surface area contributed by atoms with E-state index in [2.05, 4.69) is 20.5 Å². The molecule has 1 unspecified atom stereocenters. The van der Waals surface area contributed by atoms with E-state index in [0.717, 1.165) is 17.0 Å². The molecule has 21 heavy (non-hydrogen) atoms. The van der Waals surface area contributed by atoms with Crippen LogP contribution in [0.4, 0.5) is 0 Å². The van der Waals surface area contributed by atoms with Crippen molar-refractivity contribution in [3.8, 4) is 5.75 Å². The van der Waals surface area contributed by atoms with Gasteiger partial charge in [0.15, 0.2) is 5.75 Å². The van der Waals surface area contributed by atoms with Gasteiger partial charge in [-0.3, -0.25) is 14.7 Å². The SMILES string of the molecule is COc1c[nH]c(C(=O)NC(C)c2c(C)n[nH]c2C)cc1=O. The Morgan fingerprint density at radius 3 is 2.67 bits per heavy atom. The summed E-state index contributed by atoms with van der Waals surface area (Å²) >= 11 is 0. The van der Waals surface area contributed by atoms with Gasteiger partial charge in [-0.1, -0.05) is 0 Å². The molecule has 0 fully saturated rings. The molecule has 0 aliphatic heterocycles. The van der Waals surface area contributed by atoms with Crippen molar-refractivity contribution in [1.82, 2.24) is 20.5 Å². The zero-order chi connectivity index (χ0) is 15.6. The molecule has 2 rings (SSSR count). The van der Waals surface area contributed by atoms with Crippen molar-refractivity contribution in [2.45, 2.75) is 26.8 Å². The summed E-state index contributed by atoms with van der Waals surface area (Å²) < 4.78 is 4.86. The van der Waals surface area contributed by atoms with Gasteiger partial charge in [-0.25, -0.2) is 0 Å². The first-order valence-electron chi connectivity index (χ1n) is 6.53. The second-order valence-electron chi connectivity index (χ2n) is 4.82. The van der Waals surface area contributed by atoms with Crippen LogP contribution in [0.5, 0.6) is 5.75 Å². The Morgan fingerprint density at radius 1 is 1.43 bits per heavy atom. The number of aromatic nitrogens is 3. The van der Waals surface area contributed by atoms with E-state index in [-0.39, 0.29) is 28.8 Å². The van der Waals surface area contributed by atoms with Gasteiger partial charge in [0.25, 0.3) is 5.91 Å². The molecule has 0 saturated heterocycles. The lowest BCUT2D eigenvalue weighted by atomic mass is 10.1. The van der Waals surface area contributed by atoms with Crippen LogP contribution in [0.3, 0.4) is 0 Å². The van der Waals surface area contributed by atoms with E-state index >= 15 is 0 Å². The van der Waals surface area contributed by atoms with Crippen LogP contribution in [0.1, 0.15) is 40.4 Å². The molecule has 0 radical (unpaired) electrons. The monoisotopic (exact) mass is 290 g/mol. The number of carbonyl (C=O) groups excluding carboxylic acids is 1. The minimum absolute atomic E-state index is 0.168. The standard InChI is InChI=1S/C14H18N4O3/c1-7(13-8(2)17-18-9(13)3)16-14(20)10-5-11(19)12(21-4)6-15-10/h5-7H,1-4H3,(H,15,19)(H,16,20)(H,17,18). The summed E-state index contributed by atoms with van der Waals surface area (Å²) in [5, 5.41) is 9.82. The van der Waals surface area contributed by atoms with E-state index in [0.29, 0.717) is 0 Å². The normalized spacial score (nSPS) is 12.0. The zero-order valence-corrected chi connectivity index (χ0v) is 12.4. The number of rotatable bonds is 4. The van der Waals surface area contributed by atoms with Gasteiger partial charge in [-0.2, -0.15) is 5.10 Å². The lowest BCUT2D eigenvalue weighted by molar-refractivity contribution is 0.0934. The topological polar surface area (TPSA) is 99.9 Å². The predicted octanol–water partition coefficient (Wildman–Crippen LogP) is 1.21. The molecule has 3 N–H and O–H groups in total. The molecule has 0 aromatic carbocycles. The number of hydrogen-bond acceptors (Lipinski definition) is 4. The summed E-state index contributed by atoms with van der Waals surface area (Å²) in [7, 11) is 1.40. The summed E-state index contributed by atoms with van der Waals surface area (Å²) in [4.78, 5) is 26.6. The van der Waals surface area contributed by atoms with Gasteiger partial charge in [-0.15, -0.1) is 0 Å². The first-order chi connectivity index (χ1) is 9.93.